The fraction of sp³-hybridized carbons (Fsp3) is 0. The number of carbonyl (C=O) groups excluding carboxylic acids is 2. The minimum absolute atomic E-state index is 0.250. The van der Waals surface area contributed by atoms with Gasteiger partial charge in [0.2, 0.25) is 6.41 Å². The lowest BCUT2D eigenvalue weighted by molar-refractivity contribution is -0.113. The third-order valence-corrected chi connectivity index (χ3v) is 0.440. The Labute approximate surface area is 51.3 Å². The van der Waals surface area contributed by atoms with Crippen LogP contribution in [0.2, 0.25) is 0 Å². The molecule has 0 aromatic carbocycles. The highest BCUT2D eigenvalue weighted by molar-refractivity contribution is 5.89. The van der Waals surface area contributed by atoms with Crippen molar-refractivity contribution in [3.63, 3.8) is 0 Å². The second kappa shape index (κ2) is 4.63. The van der Waals surface area contributed by atoms with Crippen molar-refractivity contribution in [3.8, 4) is 0 Å². The molecule has 1 heterocycles. The molecular formula is C4H5N3O2. The molecule has 0 atom stereocenters. The number of hydrogen-bond donors (Lipinski definition) is 1. The van der Waals surface area contributed by atoms with E-state index in [4.69, 9.17) is 4.79 Å². The second-order valence-corrected chi connectivity index (χ2v) is 1.01. The van der Waals surface area contributed by atoms with Gasteiger partial charge in [-0.05, 0) is 0 Å². The monoisotopic (exact) mass is 127 g/mol. The number of azo groups is 1. The number of rotatable bonds is 0. The standard InChI is InChI=1S/C3H2N2O.CH3NO/c6-3-1-2-4-5-3;2-1-3/h1-2H;1H,(H2,2,3). The first-order valence-electron chi connectivity index (χ1n) is 2.08. The van der Waals surface area contributed by atoms with E-state index in [2.05, 4.69) is 16.0 Å². The van der Waals surface area contributed by atoms with Crippen molar-refractivity contribution in [2.75, 3.05) is 0 Å². The van der Waals surface area contributed by atoms with Crippen LogP contribution in [-0.2, 0) is 9.59 Å². The number of nitrogens with zero attached hydrogens (tertiary/aromatic N) is 2. The van der Waals surface area contributed by atoms with Crippen LogP contribution in [0.4, 0.5) is 0 Å². The van der Waals surface area contributed by atoms with Gasteiger partial charge in [0.05, 0.1) is 6.20 Å². The van der Waals surface area contributed by atoms with Gasteiger partial charge in [0.1, 0.15) is 0 Å². The van der Waals surface area contributed by atoms with Gasteiger partial charge >= 0.3 is 0 Å². The first-order chi connectivity index (χ1) is 4.31. The highest BCUT2D eigenvalue weighted by Crippen LogP contribution is 1.90. The lowest BCUT2D eigenvalue weighted by atomic mass is 10.6. The van der Waals surface area contributed by atoms with Gasteiger partial charge in [0.25, 0.3) is 5.91 Å². The number of hydrogen-bond acceptors (Lipinski definition) is 3. The van der Waals surface area contributed by atoms with Crippen molar-refractivity contribution in [3.05, 3.63) is 12.3 Å². The average molecular weight is 127 g/mol. The lowest BCUT2D eigenvalue weighted by Gasteiger charge is -1.59. The quantitative estimate of drug-likeness (QED) is 0.448. The van der Waals surface area contributed by atoms with Crippen LogP contribution >= 0.6 is 0 Å². The average Bonchev–Trinajstić information content (AvgIpc) is 2.20. The molecule has 0 unspecified atom stereocenters. The molecule has 1 rings (SSSR count). The third-order valence-electron chi connectivity index (χ3n) is 0.440. The fourth-order valence-corrected chi connectivity index (χ4v) is 0.221. The number of primary amides is 1. The highest BCUT2D eigenvalue weighted by atomic mass is 16.1. The predicted molar refractivity (Wildman–Crippen MR) is 29.3 cm³/mol. The Morgan fingerprint density at radius 1 is 1.67 bits per heavy atom. The summed E-state index contributed by atoms with van der Waals surface area (Å²) in [6.07, 6.45) is 2.92. The first kappa shape index (κ1) is 7.48. The van der Waals surface area contributed by atoms with Crippen molar-refractivity contribution in [1.29, 1.82) is 0 Å². The Balaban J connectivity index is 0.000000187. The predicted octanol–water partition coefficient (Wildman–Crippen LogP) is -0.406. The molecule has 2 N–H and O–H groups in total. The first-order valence-corrected chi connectivity index (χ1v) is 2.08. The van der Waals surface area contributed by atoms with E-state index < -0.39 is 0 Å². The molecule has 5 heteroatoms. The molecule has 0 radical (unpaired) electrons. The minimum Gasteiger partial charge on any atom is -0.372 e. The molecule has 0 spiro atoms. The molecule has 0 fully saturated rings. The summed E-state index contributed by atoms with van der Waals surface area (Å²) >= 11 is 0. The van der Waals surface area contributed by atoms with Gasteiger partial charge in [-0.25, -0.2) is 0 Å². The number of amides is 2. The van der Waals surface area contributed by atoms with E-state index in [1.807, 2.05) is 0 Å². The molecule has 0 saturated carbocycles. The molecule has 0 aromatic heterocycles. The van der Waals surface area contributed by atoms with Crippen LogP contribution in [0, 0.1) is 0 Å². The van der Waals surface area contributed by atoms with Gasteiger partial charge in [0, 0.05) is 6.08 Å². The maximum Gasteiger partial charge on any atom is 0.289 e. The van der Waals surface area contributed by atoms with Crippen molar-refractivity contribution < 1.29 is 9.59 Å². The lowest BCUT2D eigenvalue weighted by Crippen LogP contribution is -1.82. The van der Waals surface area contributed by atoms with E-state index in [1.54, 1.807) is 0 Å². The van der Waals surface area contributed by atoms with Gasteiger partial charge in [-0.2, -0.15) is 5.11 Å². The van der Waals surface area contributed by atoms with Crippen molar-refractivity contribution in [2.45, 2.75) is 0 Å². The molecule has 5 nitrogen and oxygen atoms in total. The topological polar surface area (TPSA) is 84.9 Å². The Morgan fingerprint density at radius 2 is 2.22 bits per heavy atom. The Bertz CT molecular complexity index is 147. The Hall–Kier alpha value is -1.52. The number of nitrogens with two attached hydrogens (primary N) is 1. The van der Waals surface area contributed by atoms with E-state index in [9.17, 15) is 4.79 Å². The van der Waals surface area contributed by atoms with Crippen LogP contribution in [-0.4, -0.2) is 12.3 Å². The zero-order valence-electron chi connectivity index (χ0n) is 4.52. The summed E-state index contributed by atoms with van der Waals surface area (Å²) in [6.45, 7) is 0. The molecular weight excluding hydrogens is 122 g/mol. The Morgan fingerprint density at radius 3 is 2.33 bits per heavy atom. The van der Waals surface area contributed by atoms with Crippen LogP contribution in [0.3, 0.4) is 0 Å². The maximum absolute atomic E-state index is 9.90. The van der Waals surface area contributed by atoms with Crippen molar-refractivity contribution >= 4 is 12.3 Å². The van der Waals surface area contributed by atoms with Crippen molar-refractivity contribution in [2.24, 2.45) is 16.0 Å². The largest absolute Gasteiger partial charge is 0.372 e. The minimum atomic E-state index is -0.269. The summed E-state index contributed by atoms with van der Waals surface area (Å²) in [5.41, 5.74) is 4.17. The summed E-state index contributed by atoms with van der Waals surface area (Å²) in [4.78, 5) is 18.5. The summed E-state index contributed by atoms with van der Waals surface area (Å²) < 4.78 is 0. The molecule has 0 aliphatic carbocycles. The van der Waals surface area contributed by atoms with Gasteiger partial charge < -0.3 is 5.73 Å². The van der Waals surface area contributed by atoms with Crippen LogP contribution in [0.1, 0.15) is 0 Å². The molecule has 48 valence electrons. The molecule has 1 aliphatic rings. The van der Waals surface area contributed by atoms with E-state index in [-0.39, 0.29) is 12.3 Å². The Kier molecular flexibility index (Phi) is 3.85. The normalized spacial score (nSPS) is 12.7. The van der Waals surface area contributed by atoms with E-state index >= 15 is 0 Å². The van der Waals surface area contributed by atoms with Gasteiger partial charge in [-0.15, -0.1) is 5.11 Å². The zero-order valence-corrected chi connectivity index (χ0v) is 4.52. The van der Waals surface area contributed by atoms with Crippen LogP contribution in [0.25, 0.3) is 0 Å². The molecule has 9 heavy (non-hydrogen) atoms. The van der Waals surface area contributed by atoms with Crippen molar-refractivity contribution in [1.82, 2.24) is 0 Å². The summed E-state index contributed by atoms with van der Waals surface area (Å²) in [6, 6.07) is 0. The molecule has 0 bridgehead atoms. The van der Waals surface area contributed by atoms with E-state index in [0.29, 0.717) is 0 Å². The fourth-order valence-electron chi connectivity index (χ4n) is 0.221. The maximum atomic E-state index is 9.90. The molecule has 0 aromatic rings. The highest BCUT2D eigenvalue weighted by Gasteiger charge is 1.92. The summed E-state index contributed by atoms with van der Waals surface area (Å²) in [7, 11) is 0. The SMILES string of the molecule is NC=O.O=C1C=CN=N1. The second-order valence-electron chi connectivity index (χ2n) is 1.01. The van der Waals surface area contributed by atoms with Crippen LogP contribution in [0.5, 0.6) is 0 Å². The number of carbonyl (C=O) groups is 2. The molecule has 2 amide bonds. The van der Waals surface area contributed by atoms with Crippen LogP contribution < -0.4 is 5.73 Å². The van der Waals surface area contributed by atoms with Gasteiger partial charge in [-0.3, -0.25) is 9.59 Å². The van der Waals surface area contributed by atoms with E-state index in [1.165, 1.54) is 12.3 Å². The smallest absolute Gasteiger partial charge is 0.289 e. The van der Waals surface area contributed by atoms with Gasteiger partial charge in [0.15, 0.2) is 0 Å². The van der Waals surface area contributed by atoms with E-state index in [0.717, 1.165) is 0 Å². The van der Waals surface area contributed by atoms with Crippen LogP contribution in [0.15, 0.2) is 22.5 Å². The zero-order chi connectivity index (χ0) is 7.11. The molecule has 1 aliphatic heterocycles. The third kappa shape index (κ3) is 4.33. The summed E-state index contributed by atoms with van der Waals surface area (Å²) in [5, 5.41) is 6.37. The summed E-state index contributed by atoms with van der Waals surface area (Å²) in [5.74, 6) is -0.269. The van der Waals surface area contributed by atoms with Gasteiger partial charge in [-0.1, -0.05) is 0 Å². The molecule has 0 saturated heterocycles.